The molecule has 1 saturated carbocycles. The zero-order chi connectivity index (χ0) is 42.2. The Morgan fingerprint density at radius 2 is 1.48 bits per heavy atom. The molecule has 8 nitrogen and oxygen atoms in total. The normalized spacial score (nSPS) is 21.7. The number of nitrogens with zero attached hydrogens (tertiary/aromatic N) is 5. The van der Waals surface area contributed by atoms with Gasteiger partial charge in [0.05, 0.1) is 62.4 Å². The minimum Gasteiger partial charge on any atom is -0.497 e. The van der Waals surface area contributed by atoms with E-state index in [4.69, 9.17) is 29.2 Å². The highest BCUT2D eigenvalue weighted by Gasteiger charge is 2.44. The molecule has 2 aliphatic heterocycles. The van der Waals surface area contributed by atoms with Gasteiger partial charge < -0.3 is 24.0 Å². The Balaban J connectivity index is 1.20. The number of hydrogen-bond acceptors (Lipinski definition) is 8. The van der Waals surface area contributed by atoms with Crippen molar-refractivity contribution in [2.24, 2.45) is 5.41 Å². The van der Waals surface area contributed by atoms with Gasteiger partial charge in [0.15, 0.2) is 6.17 Å². The van der Waals surface area contributed by atoms with Crippen LogP contribution in [-0.2, 0) is 28.7 Å². The van der Waals surface area contributed by atoms with Crippen molar-refractivity contribution in [3.63, 3.8) is 0 Å². The summed E-state index contributed by atoms with van der Waals surface area (Å²) in [5.41, 5.74) is 3.80. The number of hydrogen-bond donors (Lipinski definition) is 0. The Morgan fingerprint density at radius 3 is 2.10 bits per heavy atom. The van der Waals surface area contributed by atoms with E-state index < -0.39 is 35.9 Å². The van der Waals surface area contributed by atoms with Gasteiger partial charge in [0.1, 0.15) is 5.75 Å². The fourth-order valence-corrected chi connectivity index (χ4v) is 9.56. The molecule has 4 aromatic rings. The molecule has 0 spiro atoms. The van der Waals surface area contributed by atoms with Crippen LogP contribution in [-0.4, -0.2) is 67.4 Å². The van der Waals surface area contributed by atoms with Gasteiger partial charge in [-0.1, -0.05) is 38.1 Å². The van der Waals surface area contributed by atoms with Crippen LogP contribution in [0.25, 0.3) is 0 Å². The van der Waals surface area contributed by atoms with Crippen molar-refractivity contribution in [2.75, 3.05) is 56.3 Å². The van der Waals surface area contributed by atoms with E-state index in [-0.39, 0.29) is 49.2 Å². The highest BCUT2D eigenvalue weighted by atomic mass is 19.4. The molecule has 1 unspecified atom stereocenters. The number of halogens is 6. The molecule has 0 amide bonds. The Kier molecular flexibility index (Phi) is 12.1. The third-order valence-electron chi connectivity index (χ3n) is 12.8. The second kappa shape index (κ2) is 17.1. The van der Waals surface area contributed by atoms with Crippen LogP contribution in [0.4, 0.5) is 38.0 Å². The zero-order valence-corrected chi connectivity index (χ0v) is 34.4. The number of benzene rings is 2. The minimum absolute atomic E-state index is 0.0615. The fourth-order valence-electron chi connectivity index (χ4n) is 9.56. The van der Waals surface area contributed by atoms with Crippen molar-refractivity contribution in [2.45, 2.75) is 108 Å². The molecule has 0 bridgehead atoms. The lowest BCUT2D eigenvalue weighted by atomic mass is 9.68. The molecule has 322 valence electrons. The highest BCUT2D eigenvalue weighted by molar-refractivity contribution is 5.52. The first-order valence-electron chi connectivity index (χ1n) is 21.1. The van der Waals surface area contributed by atoms with Gasteiger partial charge in [0, 0.05) is 61.8 Å². The maximum atomic E-state index is 17.8. The topological polar surface area (TPSA) is 72.8 Å². The summed E-state index contributed by atoms with van der Waals surface area (Å²) in [6.07, 6.45) is -1.37. The fraction of sp³-hybridized carbons (Fsp3) is 0.543. The van der Waals surface area contributed by atoms with E-state index in [1.807, 2.05) is 36.7 Å². The number of pyridine rings is 1. The smallest absolute Gasteiger partial charge is 0.416 e. The molecule has 2 aliphatic carbocycles. The summed E-state index contributed by atoms with van der Waals surface area (Å²) < 4.78 is 106. The summed E-state index contributed by atoms with van der Waals surface area (Å²) in [7, 11) is 1.60. The average Bonchev–Trinajstić information content (AvgIpc) is 3.25. The van der Waals surface area contributed by atoms with Crippen molar-refractivity contribution < 1.29 is 40.6 Å². The number of piperidine rings is 1. The van der Waals surface area contributed by atoms with Crippen molar-refractivity contribution in [1.29, 1.82) is 0 Å². The zero-order valence-electron chi connectivity index (χ0n) is 34.4. The standard InChI is InChI=1S/C46H53F6N5O3/c1-44(2)24-36-39(37(25-44)60-28-29-4-10-35(58-3)11-5-29)38(30-12-16-45(48,49)17-13-30)40(41(47)31-6-8-33(9-7-31)46(50,51)52)42(55-36)32-14-18-57(19-15-32)43-53-26-34(27-54-43)56-20-22-59-23-21-56/h4-11,26-27,30,32,37,41H,12-25,28H2,1-3H3/t37-,41?/m0/s1. The first kappa shape index (κ1) is 42.3. The minimum atomic E-state index is -4.59. The molecule has 8 rings (SSSR count). The van der Waals surface area contributed by atoms with Gasteiger partial charge in [0.2, 0.25) is 11.9 Å². The summed E-state index contributed by atoms with van der Waals surface area (Å²) in [6.45, 7) is 8.52. The molecule has 0 radical (unpaired) electrons. The molecule has 14 heteroatoms. The Hall–Kier alpha value is -4.43. The maximum Gasteiger partial charge on any atom is 0.416 e. The summed E-state index contributed by atoms with van der Waals surface area (Å²) in [4.78, 5) is 19.1. The molecule has 2 aromatic carbocycles. The Labute approximate surface area is 347 Å². The molecule has 60 heavy (non-hydrogen) atoms. The molecule has 3 fully saturated rings. The lowest BCUT2D eigenvalue weighted by Crippen LogP contribution is -2.37. The molecular formula is C46H53F6N5O3. The molecule has 0 N–H and O–H groups in total. The second-order valence-corrected chi connectivity index (χ2v) is 17.6. The van der Waals surface area contributed by atoms with E-state index >= 15 is 4.39 Å². The lowest BCUT2D eigenvalue weighted by molar-refractivity contribution is -0.137. The summed E-state index contributed by atoms with van der Waals surface area (Å²) >= 11 is 0. The lowest BCUT2D eigenvalue weighted by Gasteiger charge is -2.42. The third-order valence-corrected chi connectivity index (χ3v) is 12.8. The number of alkyl halides is 6. The van der Waals surface area contributed by atoms with E-state index in [1.165, 1.54) is 12.1 Å². The van der Waals surface area contributed by atoms with Crippen LogP contribution in [0.2, 0.25) is 0 Å². The molecule has 2 atom stereocenters. The number of aromatic nitrogens is 3. The predicted molar refractivity (Wildman–Crippen MR) is 217 cm³/mol. The third kappa shape index (κ3) is 9.24. The van der Waals surface area contributed by atoms with Gasteiger partial charge in [-0.15, -0.1) is 0 Å². The predicted octanol–water partition coefficient (Wildman–Crippen LogP) is 10.7. The van der Waals surface area contributed by atoms with Gasteiger partial charge >= 0.3 is 6.18 Å². The van der Waals surface area contributed by atoms with Crippen LogP contribution in [0.15, 0.2) is 60.9 Å². The first-order chi connectivity index (χ1) is 28.7. The van der Waals surface area contributed by atoms with E-state index in [0.29, 0.717) is 80.5 Å². The van der Waals surface area contributed by atoms with E-state index in [9.17, 15) is 22.0 Å². The average molecular weight is 838 g/mol. The summed E-state index contributed by atoms with van der Waals surface area (Å²) in [6, 6.07) is 11.7. The molecule has 4 aliphatic rings. The van der Waals surface area contributed by atoms with Crippen LogP contribution in [0, 0.1) is 5.41 Å². The molecule has 2 saturated heterocycles. The number of methoxy groups -OCH3 is 1. The van der Waals surface area contributed by atoms with Crippen LogP contribution < -0.4 is 14.5 Å². The molecular weight excluding hydrogens is 785 g/mol. The van der Waals surface area contributed by atoms with Gasteiger partial charge in [-0.3, -0.25) is 4.98 Å². The van der Waals surface area contributed by atoms with Crippen molar-refractivity contribution in [3.05, 3.63) is 106 Å². The summed E-state index contributed by atoms with van der Waals surface area (Å²) in [5.74, 6) is -2.17. The van der Waals surface area contributed by atoms with E-state index in [0.717, 1.165) is 47.7 Å². The molecule has 4 heterocycles. The summed E-state index contributed by atoms with van der Waals surface area (Å²) in [5, 5.41) is 0. The Morgan fingerprint density at radius 1 is 0.833 bits per heavy atom. The van der Waals surface area contributed by atoms with Crippen molar-refractivity contribution >= 4 is 11.6 Å². The van der Waals surface area contributed by atoms with Gasteiger partial charge in [-0.05, 0) is 90.8 Å². The van der Waals surface area contributed by atoms with Crippen LogP contribution in [0.1, 0.15) is 128 Å². The molecule has 2 aromatic heterocycles. The number of anilines is 2. The van der Waals surface area contributed by atoms with Crippen LogP contribution in [0.3, 0.4) is 0 Å². The second-order valence-electron chi connectivity index (χ2n) is 17.6. The van der Waals surface area contributed by atoms with Crippen molar-refractivity contribution in [3.8, 4) is 5.75 Å². The van der Waals surface area contributed by atoms with E-state index in [1.54, 1.807) is 7.11 Å². The SMILES string of the molecule is COc1ccc(CO[C@H]2CC(C)(C)Cc3nc(C4CCN(c5ncc(N6CCOCC6)cn5)CC4)c(C(F)c4ccc(C(F)(F)F)cc4)c(C4CCC(F)(F)CC4)c32)cc1. The van der Waals surface area contributed by atoms with E-state index in [2.05, 4.69) is 23.6 Å². The highest BCUT2D eigenvalue weighted by Crippen LogP contribution is 2.53. The number of ether oxygens (including phenoxy) is 3. The van der Waals surface area contributed by atoms with Crippen LogP contribution in [0.5, 0.6) is 5.75 Å². The monoisotopic (exact) mass is 837 g/mol. The van der Waals surface area contributed by atoms with Gasteiger partial charge in [0.25, 0.3) is 0 Å². The van der Waals surface area contributed by atoms with Gasteiger partial charge in [-0.25, -0.2) is 23.1 Å². The number of morpholine rings is 1. The number of fused-ring (bicyclic) bond motifs is 1. The first-order valence-corrected chi connectivity index (χ1v) is 21.1. The van der Waals surface area contributed by atoms with Crippen molar-refractivity contribution in [1.82, 2.24) is 15.0 Å². The van der Waals surface area contributed by atoms with Gasteiger partial charge in [-0.2, -0.15) is 13.2 Å². The maximum absolute atomic E-state index is 17.8. The number of rotatable bonds is 10. The quantitative estimate of drug-likeness (QED) is 0.146. The Bertz CT molecular complexity index is 2070. The van der Waals surface area contributed by atoms with Crippen LogP contribution >= 0.6 is 0 Å². The largest absolute Gasteiger partial charge is 0.497 e.